The van der Waals surface area contributed by atoms with Crippen LogP contribution in [0.5, 0.6) is 0 Å². The van der Waals surface area contributed by atoms with Crippen molar-refractivity contribution in [2.45, 2.75) is 6.42 Å². The van der Waals surface area contributed by atoms with E-state index in [9.17, 15) is 0 Å². The predicted octanol–water partition coefficient (Wildman–Crippen LogP) is 5.46. The van der Waals surface area contributed by atoms with Gasteiger partial charge in [0.05, 0.1) is 0 Å². The molecule has 8 bridgehead atoms. The normalized spacial score (nSPS) is 16.5. The zero-order chi connectivity index (χ0) is 35.3. The second-order valence-electron chi connectivity index (χ2n) is 13.7. The molecule has 0 amide bonds. The molecule has 8 heterocycles. The zero-order valence-corrected chi connectivity index (χ0v) is 31.4. The molecule has 9 rings (SSSR count). The van der Waals surface area contributed by atoms with Crippen LogP contribution in [0.25, 0.3) is 22.3 Å². The van der Waals surface area contributed by atoms with Gasteiger partial charge in [0.1, 0.15) is 0 Å². The molecule has 0 unspecified atom stereocenters. The van der Waals surface area contributed by atoms with E-state index in [1.807, 2.05) is 0 Å². The summed E-state index contributed by atoms with van der Waals surface area (Å²) >= 11 is -0.00762. The summed E-state index contributed by atoms with van der Waals surface area (Å²) in [5.41, 5.74) is 15.7. The van der Waals surface area contributed by atoms with Crippen LogP contribution in [0.2, 0.25) is 0 Å². The molecule has 0 spiro atoms. The van der Waals surface area contributed by atoms with E-state index in [-0.39, 0.29) is 14.5 Å². The Labute approximate surface area is 310 Å². The Kier molecular flexibility index (Phi) is 8.03. The number of hydrogen-bond donors (Lipinski definition) is 0. The molecule has 4 aliphatic rings. The van der Waals surface area contributed by atoms with Gasteiger partial charge in [-0.2, -0.15) is 0 Å². The van der Waals surface area contributed by atoms with Gasteiger partial charge in [0.2, 0.25) is 0 Å². The Balaban J connectivity index is 1.37. The van der Waals surface area contributed by atoms with Crippen LogP contribution in [0.15, 0.2) is 179 Å². The molecule has 0 N–H and O–H groups in total. The Morgan fingerprint density at radius 2 is 0.808 bits per heavy atom. The molecule has 0 aromatic carbocycles. The summed E-state index contributed by atoms with van der Waals surface area (Å²) in [6.45, 7) is 0. The first-order valence-corrected chi connectivity index (χ1v) is 19.2. The third-order valence-electron chi connectivity index (χ3n) is 9.83. The van der Waals surface area contributed by atoms with Crippen molar-refractivity contribution in [1.29, 1.82) is 0 Å². The van der Waals surface area contributed by atoms with E-state index in [1.54, 1.807) is 0 Å². The van der Waals surface area contributed by atoms with Crippen molar-refractivity contribution in [2.24, 2.45) is 38.2 Å². The van der Waals surface area contributed by atoms with Gasteiger partial charge in [0.15, 0.2) is 0 Å². The summed E-state index contributed by atoms with van der Waals surface area (Å²) < 4.78 is 11.1. The van der Waals surface area contributed by atoms with Crippen molar-refractivity contribution in [3.05, 3.63) is 200 Å². The standard InChI is InChI=1S/C45H38N6Se/c1-48-21-5-9-32(26-48)42-30-13-14-31(25-30)43(33-10-6-22-49(2)27-33)37-16-18-39(47-37)45(35-12-8-24-51(4)29-35)41-20-19-40(52-41)44(38-17-15-36(42)46-38)34-11-7-23-50(3)28-34/h5-24,26-29H,25H2,1-4H3/q+4. The minimum absolute atomic E-state index is 0.00762. The number of aliphatic imine (C=N–C) groups is 2. The van der Waals surface area contributed by atoms with Crippen molar-refractivity contribution in [3.8, 4) is 0 Å². The van der Waals surface area contributed by atoms with Gasteiger partial charge in [-0.25, -0.2) is 0 Å². The molecule has 0 fully saturated rings. The van der Waals surface area contributed by atoms with E-state index in [1.165, 1.54) is 31.2 Å². The first-order chi connectivity index (χ1) is 25.4. The minimum atomic E-state index is -0.00762. The summed E-state index contributed by atoms with van der Waals surface area (Å²) in [5.74, 6) is 0. The van der Waals surface area contributed by atoms with Crippen LogP contribution in [-0.2, 0) is 28.2 Å². The summed E-state index contributed by atoms with van der Waals surface area (Å²) in [5, 5.41) is 0. The fourth-order valence-corrected chi connectivity index (χ4v) is 9.96. The quantitative estimate of drug-likeness (QED) is 0.174. The summed E-state index contributed by atoms with van der Waals surface area (Å²) in [7, 11) is 8.33. The van der Waals surface area contributed by atoms with Crippen LogP contribution in [0.3, 0.4) is 0 Å². The molecular formula is C45H38N6Se+4. The number of nitrogens with zero attached hydrogens (tertiary/aromatic N) is 6. The van der Waals surface area contributed by atoms with Crippen LogP contribution in [0.4, 0.5) is 0 Å². The zero-order valence-electron chi connectivity index (χ0n) is 29.7. The van der Waals surface area contributed by atoms with Gasteiger partial charge in [0, 0.05) is 0 Å². The average molecular weight is 742 g/mol. The molecule has 3 aliphatic heterocycles. The fourth-order valence-electron chi connectivity index (χ4n) is 7.53. The van der Waals surface area contributed by atoms with Crippen molar-refractivity contribution >= 4 is 48.2 Å². The van der Waals surface area contributed by atoms with E-state index < -0.39 is 0 Å². The number of allylic oxidation sites excluding steroid dienone is 10. The van der Waals surface area contributed by atoms with E-state index in [2.05, 4.69) is 193 Å². The third kappa shape index (κ3) is 5.88. The van der Waals surface area contributed by atoms with Crippen LogP contribution >= 0.6 is 0 Å². The van der Waals surface area contributed by atoms with Crippen LogP contribution < -0.4 is 18.3 Å². The van der Waals surface area contributed by atoms with Gasteiger partial charge < -0.3 is 0 Å². The van der Waals surface area contributed by atoms with Crippen molar-refractivity contribution in [2.75, 3.05) is 0 Å². The summed E-state index contributed by atoms with van der Waals surface area (Å²) in [6, 6.07) is 21.9. The fraction of sp³-hybridized carbons (Fsp3) is 0.111. The van der Waals surface area contributed by atoms with E-state index in [0.29, 0.717) is 0 Å². The van der Waals surface area contributed by atoms with Gasteiger partial charge in [-0.15, -0.1) is 0 Å². The molecule has 0 radical (unpaired) electrons. The second-order valence-corrected chi connectivity index (χ2v) is 16.0. The van der Waals surface area contributed by atoms with E-state index in [0.717, 1.165) is 62.6 Å². The molecule has 0 saturated carbocycles. The SMILES string of the molecule is C[n+]1cccc(C2=C3C=CC(=C(c4ccc[n+](C)c4)C4=NC(=C(c5ccc[n+](C)c5)c5ccc([se]5)C(c5ccc[n+](C)c5)=C5C=CC2=N5)C=C4)C3)c1. The Morgan fingerprint density at radius 3 is 1.17 bits per heavy atom. The molecule has 0 saturated heterocycles. The van der Waals surface area contributed by atoms with Gasteiger partial charge in [-0.1, -0.05) is 0 Å². The first kappa shape index (κ1) is 32.1. The number of aromatic nitrogens is 4. The van der Waals surface area contributed by atoms with E-state index >= 15 is 0 Å². The van der Waals surface area contributed by atoms with Crippen molar-refractivity contribution < 1.29 is 18.3 Å². The van der Waals surface area contributed by atoms with E-state index in [4.69, 9.17) is 9.98 Å². The van der Waals surface area contributed by atoms with Crippen molar-refractivity contribution in [3.63, 3.8) is 0 Å². The number of fused-ring (bicyclic) bond motifs is 6. The topological polar surface area (TPSA) is 40.2 Å². The maximum atomic E-state index is 5.50. The van der Waals surface area contributed by atoms with Crippen LogP contribution in [0.1, 0.15) is 37.5 Å². The molecule has 5 aromatic rings. The van der Waals surface area contributed by atoms with Crippen LogP contribution in [0, 0.1) is 0 Å². The number of pyridine rings is 4. The molecule has 0 atom stereocenters. The molecule has 250 valence electrons. The molecule has 1 aliphatic carbocycles. The van der Waals surface area contributed by atoms with Crippen LogP contribution in [-0.4, -0.2) is 25.9 Å². The molecule has 7 heteroatoms. The maximum absolute atomic E-state index is 5.50. The molecule has 6 nitrogen and oxygen atoms in total. The number of aryl methyl sites for hydroxylation is 4. The van der Waals surface area contributed by atoms with Gasteiger partial charge in [0.25, 0.3) is 0 Å². The molecule has 52 heavy (non-hydrogen) atoms. The Morgan fingerprint density at radius 1 is 0.442 bits per heavy atom. The Bertz CT molecular complexity index is 2460. The molecular weight excluding hydrogens is 703 g/mol. The number of rotatable bonds is 4. The molecule has 5 aromatic heterocycles. The average Bonchev–Trinajstić information content (AvgIpc) is 3.96. The Hall–Kier alpha value is -5.88. The van der Waals surface area contributed by atoms with Gasteiger partial charge in [-0.3, -0.25) is 0 Å². The first-order valence-electron chi connectivity index (χ1n) is 17.5. The monoisotopic (exact) mass is 742 g/mol. The summed E-state index contributed by atoms with van der Waals surface area (Å²) in [6.07, 6.45) is 31.4. The van der Waals surface area contributed by atoms with Gasteiger partial charge in [-0.05, 0) is 0 Å². The van der Waals surface area contributed by atoms with Crippen molar-refractivity contribution in [1.82, 2.24) is 0 Å². The number of hydrogen-bond acceptors (Lipinski definition) is 2. The third-order valence-corrected chi connectivity index (χ3v) is 12.2. The summed E-state index contributed by atoms with van der Waals surface area (Å²) in [4.78, 5) is 11.0. The second kappa shape index (κ2) is 13.0. The predicted molar refractivity (Wildman–Crippen MR) is 207 cm³/mol. The van der Waals surface area contributed by atoms with Gasteiger partial charge >= 0.3 is 311 Å².